The minimum Gasteiger partial charge on any atom is -0.433 e. The SMILES string of the molecule is CCCC1=CC=C(CCC(F)(F)Oc2ccc(C3CCC(CCC)CC3)cc2)C(F)(F)C1(F)F. The molecule has 0 atom stereocenters. The molecule has 0 unspecified atom stereocenters. The van der Waals surface area contributed by atoms with E-state index in [4.69, 9.17) is 4.74 Å². The highest BCUT2D eigenvalue weighted by Gasteiger charge is 2.61. The van der Waals surface area contributed by atoms with Crippen molar-refractivity contribution in [3.8, 4) is 5.75 Å². The molecule has 1 aromatic rings. The summed E-state index contributed by atoms with van der Waals surface area (Å²) in [6.45, 7) is 3.80. The van der Waals surface area contributed by atoms with E-state index in [2.05, 4.69) is 6.92 Å². The van der Waals surface area contributed by atoms with Crippen LogP contribution in [0.15, 0.2) is 47.6 Å². The zero-order valence-electron chi connectivity index (χ0n) is 19.9. The fourth-order valence-corrected chi connectivity index (χ4v) is 5.07. The molecule has 7 heteroatoms. The smallest absolute Gasteiger partial charge is 0.398 e. The average molecular weight is 489 g/mol. The normalized spacial score (nSPS) is 24.4. The van der Waals surface area contributed by atoms with Gasteiger partial charge in [-0.25, -0.2) is 0 Å². The van der Waals surface area contributed by atoms with Gasteiger partial charge in [-0.1, -0.05) is 57.4 Å². The van der Waals surface area contributed by atoms with Crippen LogP contribution in [-0.2, 0) is 0 Å². The Morgan fingerprint density at radius 1 is 0.824 bits per heavy atom. The maximum absolute atomic E-state index is 14.4. The van der Waals surface area contributed by atoms with Crippen LogP contribution in [0, 0.1) is 5.92 Å². The molecule has 0 bridgehead atoms. The molecular formula is C27H34F6O. The fourth-order valence-electron chi connectivity index (χ4n) is 5.07. The third-order valence-corrected chi connectivity index (χ3v) is 7.05. The molecule has 1 aromatic carbocycles. The Kier molecular flexibility index (Phi) is 8.46. The average Bonchev–Trinajstić information content (AvgIpc) is 2.78. The van der Waals surface area contributed by atoms with E-state index < -0.39 is 41.9 Å². The lowest BCUT2D eigenvalue weighted by Crippen LogP contribution is -2.45. The standard InChI is InChI=1S/C27H34F6O/c1-3-5-19-7-9-20(10-8-19)21-11-15-24(16-12-21)34-25(28,29)18-17-23-14-13-22(6-4-2)26(30,31)27(23,32)33/h11-16,19-20H,3-10,17-18H2,1-2H3. The number of hydrogen-bond donors (Lipinski definition) is 0. The van der Waals surface area contributed by atoms with E-state index in [1.54, 1.807) is 19.1 Å². The van der Waals surface area contributed by atoms with Gasteiger partial charge in [-0.3, -0.25) is 0 Å². The first-order valence-electron chi connectivity index (χ1n) is 12.3. The van der Waals surface area contributed by atoms with Crippen molar-refractivity contribution < 1.29 is 31.1 Å². The van der Waals surface area contributed by atoms with Gasteiger partial charge >= 0.3 is 18.0 Å². The van der Waals surface area contributed by atoms with Crippen molar-refractivity contribution in [1.29, 1.82) is 0 Å². The van der Waals surface area contributed by atoms with Crippen molar-refractivity contribution in [1.82, 2.24) is 0 Å². The van der Waals surface area contributed by atoms with Gasteiger partial charge in [0.2, 0.25) is 0 Å². The predicted molar refractivity (Wildman–Crippen MR) is 122 cm³/mol. The van der Waals surface area contributed by atoms with E-state index in [0.29, 0.717) is 5.92 Å². The molecule has 2 aliphatic carbocycles. The summed E-state index contributed by atoms with van der Waals surface area (Å²) in [5, 5.41) is 0. The Morgan fingerprint density at radius 2 is 1.38 bits per heavy atom. The highest BCUT2D eigenvalue weighted by Crippen LogP contribution is 2.50. The fraction of sp³-hybridized carbons (Fsp3) is 0.630. The van der Waals surface area contributed by atoms with Crippen molar-refractivity contribution in [3.63, 3.8) is 0 Å². The summed E-state index contributed by atoms with van der Waals surface area (Å²) in [5.41, 5.74) is -0.602. The first kappa shape index (κ1) is 26.7. The van der Waals surface area contributed by atoms with E-state index in [1.807, 2.05) is 0 Å². The lowest BCUT2D eigenvalue weighted by Gasteiger charge is -2.33. The van der Waals surface area contributed by atoms with Crippen LogP contribution in [0.25, 0.3) is 0 Å². The van der Waals surface area contributed by atoms with Crippen LogP contribution in [0.1, 0.15) is 89.5 Å². The van der Waals surface area contributed by atoms with Crippen molar-refractivity contribution in [3.05, 3.63) is 53.1 Å². The summed E-state index contributed by atoms with van der Waals surface area (Å²) in [7, 11) is 0. The largest absolute Gasteiger partial charge is 0.433 e. The van der Waals surface area contributed by atoms with E-state index in [-0.39, 0.29) is 18.6 Å². The molecule has 0 spiro atoms. The molecule has 0 saturated heterocycles. The summed E-state index contributed by atoms with van der Waals surface area (Å²) >= 11 is 0. The van der Waals surface area contributed by atoms with Crippen LogP contribution in [-0.4, -0.2) is 18.0 Å². The quantitative estimate of drug-likeness (QED) is 0.298. The molecule has 0 radical (unpaired) electrons. The van der Waals surface area contributed by atoms with Crippen LogP contribution >= 0.6 is 0 Å². The maximum Gasteiger partial charge on any atom is 0.398 e. The third kappa shape index (κ3) is 6.01. The van der Waals surface area contributed by atoms with Crippen LogP contribution in [0.3, 0.4) is 0 Å². The van der Waals surface area contributed by atoms with Gasteiger partial charge in [-0.05, 0) is 68.1 Å². The molecule has 0 amide bonds. The Balaban J connectivity index is 1.58. The second-order valence-electron chi connectivity index (χ2n) is 9.60. The van der Waals surface area contributed by atoms with Gasteiger partial charge in [0.25, 0.3) is 0 Å². The molecule has 34 heavy (non-hydrogen) atoms. The Bertz CT molecular complexity index is 864. The van der Waals surface area contributed by atoms with E-state index in [9.17, 15) is 26.3 Å². The molecule has 0 heterocycles. The predicted octanol–water partition coefficient (Wildman–Crippen LogP) is 9.45. The molecule has 190 valence electrons. The minimum absolute atomic E-state index is 0.0757. The van der Waals surface area contributed by atoms with E-state index in [1.165, 1.54) is 37.8 Å². The van der Waals surface area contributed by atoms with Crippen LogP contribution in [0.4, 0.5) is 26.3 Å². The lowest BCUT2D eigenvalue weighted by molar-refractivity contribution is -0.187. The van der Waals surface area contributed by atoms with Gasteiger partial charge in [0.05, 0.1) is 6.42 Å². The van der Waals surface area contributed by atoms with Gasteiger partial charge in [0.1, 0.15) is 5.75 Å². The zero-order valence-corrected chi connectivity index (χ0v) is 19.9. The molecule has 0 aliphatic heterocycles. The number of hydrogen-bond acceptors (Lipinski definition) is 1. The van der Waals surface area contributed by atoms with Gasteiger partial charge in [-0.15, -0.1) is 0 Å². The highest BCUT2D eigenvalue weighted by molar-refractivity contribution is 5.38. The highest BCUT2D eigenvalue weighted by atomic mass is 19.3. The summed E-state index contributed by atoms with van der Waals surface area (Å²) in [6.07, 6.45) is 3.02. The van der Waals surface area contributed by atoms with Gasteiger partial charge in [0, 0.05) is 11.1 Å². The molecule has 1 fully saturated rings. The molecule has 0 aromatic heterocycles. The third-order valence-electron chi connectivity index (χ3n) is 7.05. The summed E-state index contributed by atoms with van der Waals surface area (Å²) < 4.78 is 90.7. The zero-order chi connectivity index (χ0) is 25.0. The molecule has 2 aliphatic rings. The maximum atomic E-state index is 14.4. The second-order valence-corrected chi connectivity index (χ2v) is 9.60. The number of ether oxygens (including phenoxy) is 1. The van der Waals surface area contributed by atoms with E-state index in [0.717, 1.165) is 36.5 Å². The lowest BCUT2D eigenvalue weighted by atomic mass is 9.77. The number of benzene rings is 1. The van der Waals surface area contributed by atoms with Gasteiger partial charge < -0.3 is 4.74 Å². The topological polar surface area (TPSA) is 9.23 Å². The van der Waals surface area contributed by atoms with E-state index >= 15 is 0 Å². The Hall–Kier alpha value is -1.92. The molecule has 1 saturated carbocycles. The Morgan fingerprint density at radius 3 is 1.91 bits per heavy atom. The molecular weight excluding hydrogens is 454 g/mol. The molecule has 3 rings (SSSR count). The summed E-state index contributed by atoms with van der Waals surface area (Å²) in [6, 6.07) is 6.47. The number of alkyl halides is 6. The van der Waals surface area contributed by atoms with Crippen molar-refractivity contribution >= 4 is 0 Å². The Labute approximate surface area is 198 Å². The second kappa shape index (κ2) is 10.8. The number of rotatable bonds is 10. The molecule has 1 nitrogen and oxygen atoms in total. The van der Waals surface area contributed by atoms with Crippen LogP contribution in [0.2, 0.25) is 0 Å². The van der Waals surface area contributed by atoms with Gasteiger partial charge in [-0.2, -0.15) is 26.3 Å². The molecule has 0 N–H and O–H groups in total. The van der Waals surface area contributed by atoms with Crippen molar-refractivity contribution in [2.75, 3.05) is 0 Å². The first-order chi connectivity index (χ1) is 16.0. The van der Waals surface area contributed by atoms with Crippen LogP contribution in [0.5, 0.6) is 5.75 Å². The monoisotopic (exact) mass is 488 g/mol. The minimum atomic E-state index is -4.50. The first-order valence-corrected chi connectivity index (χ1v) is 12.3. The number of allylic oxidation sites excluding steroid dienone is 4. The summed E-state index contributed by atoms with van der Waals surface area (Å²) in [5.74, 6) is -7.79. The van der Waals surface area contributed by atoms with Crippen LogP contribution < -0.4 is 4.74 Å². The summed E-state index contributed by atoms with van der Waals surface area (Å²) in [4.78, 5) is 0. The number of halogens is 6. The van der Waals surface area contributed by atoms with Crippen molar-refractivity contribution in [2.45, 2.75) is 102 Å². The van der Waals surface area contributed by atoms with Gasteiger partial charge in [0.15, 0.2) is 0 Å². The van der Waals surface area contributed by atoms with Crippen molar-refractivity contribution in [2.24, 2.45) is 5.92 Å².